The minimum Gasteiger partial charge on any atom is -0.292 e. The van der Waals surface area contributed by atoms with E-state index in [9.17, 15) is 0 Å². The molecule has 0 fully saturated rings. The van der Waals surface area contributed by atoms with Gasteiger partial charge in [0.25, 0.3) is 0 Å². The van der Waals surface area contributed by atoms with Crippen LogP contribution in [0.15, 0.2) is 206 Å². The lowest BCUT2D eigenvalue weighted by atomic mass is 9.85. The molecule has 0 unspecified atom stereocenters. The summed E-state index contributed by atoms with van der Waals surface area (Å²) in [6, 6.07) is 74.0. The van der Waals surface area contributed by atoms with Gasteiger partial charge in [-0.25, -0.2) is 4.98 Å². The van der Waals surface area contributed by atoms with Gasteiger partial charge < -0.3 is 0 Å². The van der Waals surface area contributed by atoms with E-state index in [1.807, 2.05) is 0 Å². The molecule has 0 bridgehead atoms. The standard InChI is InChI=1S/C51H34N2/c1-3-15-35(16-4-1)38-19-13-21-40(33-38)50-45-25-9-7-23-43(45)49(44-24-8-10-26-46(44)50)37-29-31-42(32-30-37)53-48-28-12-11-27-47(48)52-51(53)41-22-14-20-39(34-41)36-17-5-2-6-18-36/h1-34H. The first kappa shape index (κ1) is 30.8. The molecule has 2 nitrogen and oxygen atoms in total. The monoisotopic (exact) mass is 674 g/mol. The summed E-state index contributed by atoms with van der Waals surface area (Å²) in [6.45, 7) is 0. The van der Waals surface area contributed by atoms with Crippen molar-refractivity contribution in [3.63, 3.8) is 0 Å². The molecular formula is C51H34N2. The summed E-state index contributed by atoms with van der Waals surface area (Å²) >= 11 is 0. The van der Waals surface area contributed by atoms with Crippen LogP contribution in [0.5, 0.6) is 0 Å². The molecule has 10 rings (SSSR count). The fraction of sp³-hybridized carbons (Fsp3) is 0. The van der Waals surface area contributed by atoms with Crippen LogP contribution in [0.2, 0.25) is 0 Å². The number of rotatable bonds is 6. The van der Waals surface area contributed by atoms with Crippen LogP contribution in [0.3, 0.4) is 0 Å². The molecule has 53 heavy (non-hydrogen) atoms. The first-order chi connectivity index (χ1) is 26.3. The average molecular weight is 675 g/mol. The normalized spacial score (nSPS) is 11.4. The van der Waals surface area contributed by atoms with Crippen LogP contribution in [-0.4, -0.2) is 9.55 Å². The third kappa shape index (κ3) is 5.40. The van der Waals surface area contributed by atoms with E-state index in [-0.39, 0.29) is 0 Å². The lowest BCUT2D eigenvalue weighted by Crippen LogP contribution is -1.98. The van der Waals surface area contributed by atoms with Gasteiger partial charge in [-0.3, -0.25) is 4.57 Å². The Labute approximate surface area is 308 Å². The van der Waals surface area contributed by atoms with Crippen molar-refractivity contribution in [1.29, 1.82) is 0 Å². The van der Waals surface area contributed by atoms with Gasteiger partial charge in [-0.2, -0.15) is 0 Å². The van der Waals surface area contributed by atoms with Gasteiger partial charge in [0, 0.05) is 11.3 Å². The molecule has 0 N–H and O–H groups in total. The molecule has 0 aliphatic carbocycles. The van der Waals surface area contributed by atoms with Crippen molar-refractivity contribution in [2.75, 3.05) is 0 Å². The van der Waals surface area contributed by atoms with Crippen molar-refractivity contribution in [2.45, 2.75) is 0 Å². The summed E-state index contributed by atoms with van der Waals surface area (Å²) in [7, 11) is 0. The van der Waals surface area contributed by atoms with Crippen molar-refractivity contribution in [1.82, 2.24) is 9.55 Å². The van der Waals surface area contributed by atoms with Crippen LogP contribution in [0.25, 0.3) is 94.2 Å². The molecule has 248 valence electrons. The second kappa shape index (κ2) is 12.9. The lowest BCUT2D eigenvalue weighted by molar-refractivity contribution is 1.10. The van der Waals surface area contributed by atoms with E-state index in [1.54, 1.807) is 0 Å². The lowest BCUT2D eigenvalue weighted by Gasteiger charge is -2.18. The third-order valence-electron chi connectivity index (χ3n) is 10.4. The highest BCUT2D eigenvalue weighted by Crippen LogP contribution is 2.44. The first-order valence-corrected chi connectivity index (χ1v) is 18.1. The van der Waals surface area contributed by atoms with Gasteiger partial charge in [0.2, 0.25) is 0 Å². The highest BCUT2D eigenvalue weighted by molar-refractivity contribution is 6.21. The Bertz CT molecular complexity index is 2860. The summed E-state index contributed by atoms with van der Waals surface area (Å²) in [5.74, 6) is 0.926. The van der Waals surface area contributed by atoms with Gasteiger partial charge in [-0.05, 0) is 102 Å². The van der Waals surface area contributed by atoms with Gasteiger partial charge >= 0.3 is 0 Å². The zero-order chi connectivity index (χ0) is 35.1. The van der Waals surface area contributed by atoms with Gasteiger partial charge in [0.1, 0.15) is 5.82 Å². The molecule has 0 aliphatic heterocycles. The van der Waals surface area contributed by atoms with Crippen molar-refractivity contribution in [2.24, 2.45) is 0 Å². The van der Waals surface area contributed by atoms with E-state index < -0.39 is 0 Å². The summed E-state index contributed by atoms with van der Waals surface area (Å²) in [4.78, 5) is 5.18. The molecule has 0 atom stereocenters. The van der Waals surface area contributed by atoms with Crippen LogP contribution in [0.1, 0.15) is 0 Å². The molecule has 9 aromatic carbocycles. The largest absolute Gasteiger partial charge is 0.292 e. The Kier molecular flexibility index (Phi) is 7.51. The Hall–Kier alpha value is -7.03. The first-order valence-electron chi connectivity index (χ1n) is 18.1. The molecule has 1 heterocycles. The molecule has 0 radical (unpaired) electrons. The fourth-order valence-electron chi connectivity index (χ4n) is 7.96. The van der Waals surface area contributed by atoms with E-state index in [0.717, 1.165) is 28.1 Å². The van der Waals surface area contributed by atoms with Crippen molar-refractivity contribution < 1.29 is 0 Å². The van der Waals surface area contributed by atoms with E-state index in [0.29, 0.717) is 0 Å². The highest BCUT2D eigenvalue weighted by atomic mass is 15.1. The minimum atomic E-state index is 0.926. The Morgan fingerprint density at radius 1 is 0.302 bits per heavy atom. The number of hydrogen-bond donors (Lipinski definition) is 0. The van der Waals surface area contributed by atoms with Crippen molar-refractivity contribution in [3.05, 3.63) is 206 Å². The SMILES string of the molecule is c1ccc(-c2cccc(-c3c4ccccc4c(-c4ccc(-n5c(-c6cccc(-c7ccccc7)c6)nc6ccccc65)cc4)c4ccccc34)c2)cc1. The predicted octanol–water partition coefficient (Wildman–Crippen LogP) is 13.7. The number of aromatic nitrogens is 2. The maximum atomic E-state index is 5.18. The maximum absolute atomic E-state index is 5.18. The Balaban J connectivity index is 1.13. The predicted molar refractivity (Wildman–Crippen MR) is 223 cm³/mol. The quantitative estimate of drug-likeness (QED) is 0.161. The molecule has 0 aliphatic rings. The fourth-order valence-corrected chi connectivity index (χ4v) is 7.96. The zero-order valence-corrected chi connectivity index (χ0v) is 29.0. The van der Waals surface area contributed by atoms with Gasteiger partial charge in [-0.15, -0.1) is 0 Å². The van der Waals surface area contributed by atoms with Gasteiger partial charge in [0.05, 0.1) is 11.0 Å². The maximum Gasteiger partial charge on any atom is 0.145 e. The smallest absolute Gasteiger partial charge is 0.145 e. The second-order valence-electron chi connectivity index (χ2n) is 13.5. The summed E-state index contributed by atoms with van der Waals surface area (Å²) < 4.78 is 2.29. The number of para-hydroxylation sites is 2. The number of nitrogens with zero attached hydrogens (tertiary/aromatic N) is 2. The number of benzene rings is 9. The van der Waals surface area contributed by atoms with Crippen molar-refractivity contribution in [3.8, 4) is 61.6 Å². The summed E-state index contributed by atoms with van der Waals surface area (Å²) in [5.41, 5.74) is 13.9. The van der Waals surface area contributed by atoms with E-state index >= 15 is 0 Å². The molecule has 0 spiro atoms. The number of fused-ring (bicyclic) bond motifs is 3. The Morgan fingerprint density at radius 3 is 1.32 bits per heavy atom. The van der Waals surface area contributed by atoms with Crippen LogP contribution in [0, 0.1) is 0 Å². The summed E-state index contributed by atoms with van der Waals surface area (Å²) in [5, 5.41) is 4.98. The van der Waals surface area contributed by atoms with Gasteiger partial charge in [-0.1, -0.05) is 170 Å². The molecule has 10 aromatic rings. The van der Waals surface area contributed by atoms with E-state index in [4.69, 9.17) is 4.98 Å². The average Bonchev–Trinajstić information content (AvgIpc) is 3.63. The number of imidazole rings is 1. The van der Waals surface area contributed by atoms with Crippen LogP contribution in [-0.2, 0) is 0 Å². The van der Waals surface area contributed by atoms with E-state index in [1.165, 1.54) is 66.1 Å². The van der Waals surface area contributed by atoms with Crippen LogP contribution < -0.4 is 0 Å². The Morgan fingerprint density at radius 2 is 0.736 bits per heavy atom. The summed E-state index contributed by atoms with van der Waals surface area (Å²) in [6.07, 6.45) is 0. The third-order valence-corrected chi connectivity index (χ3v) is 10.4. The molecule has 0 saturated carbocycles. The van der Waals surface area contributed by atoms with Crippen LogP contribution in [0.4, 0.5) is 0 Å². The van der Waals surface area contributed by atoms with Gasteiger partial charge in [0.15, 0.2) is 0 Å². The topological polar surface area (TPSA) is 17.8 Å². The number of hydrogen-bond acceptors (Lipinski definition) is 1. The molecule has 0 amide bonds. The second-order valence-corrected chi connectivity index (χ2v) is 13.5. The van der Waals surface area contributed by atoms with Crippen molar-refractivity contribution >= 4 is 32.6 Å². The van der Waals surface area contributed by atoms with Crippen LogP contribution >= 0.6 is 0 Å². The minimum absolute atomic E-state index is 0.926. The molecule has 1 aromatic heterocycles. The molecular weight excluding hydrogens is 641 g/mol. The van der Waals surface area contributed by atoms with E-state index in [2.05, 4.69) is 211 Å². The highest BCUT2D eigenvalue weighted by Gasteiger charge is 2.19. The molecule has 2 heteroatoms. The molecule has 0 saturated heterocycles. The zero-order valence-electron chi connectivity index (χ0n) is 29.0.